The molecule has 1 amide bonds. The zero-order valence-corrected chi connectivity index (χ0v) is 12.1. The molecule has 1 aromatic heterocycles. The maximum Gasteiger partial charge on any atom is 0.247 e. The Morgan fingerprint density at radius 1 is 1.40 bits per heavy atom. The second-order valence-electron chi connectivity index (χ2n) is 5.60. The van der Waals surface area contributed by atoms with Gasteiger partial charge in [0.15, 0.2) is 0 Å². The van der Waals surface area contributed by atoms with Gasteiger partial charge in [0.1, 0.15) is 0 Å². The van der Waals surface area contributed by atoms with Gasteiger partial charge < -0.3 is 15.1 Å². The number of amides is 1. The van der Waals surface area contributed by atoms with Gasteiger partial charge in [0.25, 0.3) is 0 Å². The molecule has 2 saturated heterocycles. The molecular weight excluding hydrogens is 274 g/mol. The highest BCUT2D eigenvalue weighted by Crippen LogP contribution is 2.35. The van der Waals surface area contributed by atoms with Gasteiger partial charge >= 0.3 is 0 Å². The van der Waals surface area contributed by atoms with Crippen LogP contribution in [0.2, 0.25) is 0 Å². The zero-order valence-electron chi connectivity index (χ0n) is 11.2. The van der Waals surface area contributed by atoms with E-state index in [1.807, 2.05) is 22.4 Å². The number of aliphatic hydroxyl groups excluding tert-OH is 2. The summed E-state index contributed by atoms with van der Waals surface area (Å²) < 4.78 is 0. The van der Waals surface area contributed by atoms with Gasteiger partial charge in [-0.25, -0.2) is 0 Å². The Labute approximate surface area is 122 Å². The van der Waals surface area contributed by atoms with Crippen molar-refractivity contribution >= 4 is 23.3 Å². The first-order chi connectivity index (χ1) is 9.67. The van der Waals surface area contributed by atoms with Gasteiger partial charge in [-0.05, 0) is 48.8 Å². The predicted octanol–water partition coefficient (Wildman–Crippen LogP) is 1.77. The zero-order chi connectivity index (χ0) is 14.1. The van der Waals surface area contributed by atoms with E-state index in [-0.39, 0.29) is 30.7 Å². The van der Waals surface area contributed by atoms with Crippen LogP contribution in [-0.2, 0) is 11.4 Å². The van der Waals surface area contributed by atoms with E-state index in [2.05, 4.69) is 0 Å². The molecule has 3 atom stereocenters. The van der Waals surface area contributed by atoms with Crippen LogP contribution in [0.25, 0.3) is 6.08 Å². The van der Waals surface area contributed by atoms with Crippen LogP contribution in [-0.4, -0.2) is 39.2 Å². The van der Waals surface area contributed by atoms with Gasteiger partial charge in [0.2, 0.25) is 5.91 Å². The number of aliphatic hydroxyl groups is 2. The van der Waals surface area contributed by atoms with Crippen molar-refractivity contribution in [3.63, 3.8) is 0 Å². The molecule has 2 aliphatic rings. The highest BCUT2D eigenvalue weighted by molar-refractivity contribution is 7.11. The number of fused-ring (bicyclic) bond motifs is 2. The normalized spacial score (nSPS) is 29.3. The Kier molecular flexibility index (Phi) is 3.92. The average molecular weight is 293 g/mol. The van der Waals surface area contributed by atoms with Crippen LogP contribution < -0.4 is 0 Å². The molecule has 0 aliphatic carbocycles. The summed E-state index contributed by atoms with van der Waals surface area (Å²) in [7, 11) is 0. The van der Waals surface area contributed by atoms with Crippen LogP contribution in [0.4, 0.5) is 0 Å². The Bertz CT molecular complexity index is 511. The van der Waals surface area contributed by atoms with E-state index in [1.165, 1.54) is 11.3 Å². The molecule has 4 nitrogen and oxygen atoms in total. The van der Waals surface area contributed by atoms with Gasteiger partial charge in [-0.1, -0.05) is 0 Å². The number of rotatable bonds is 3. The molecule has 2 bridgehead atoms. The maximum atomic E-state index is 12.3. The van der Waals surface area contributed by atoms with Crippen molar-refractivity contribution in [1.29, 1.82) is 0 Å². The summed E-state index contributed by atoms with van der Waals surface area (Å²) in [5.74, 6) is 0.0448. The summed E-state index contributed by atoms with van der Waals surface area (Å²) in [6, 6.07) is 2.30. The van der Waals surface area contributed by atoms with Crippen LogP contribution in [0.5, 0.6) is 0 Å². The summed E-state index contributed by atoms with van der Waals surface area (Å²) >= 11 is 1.52. The summed E-state index contributed by atoms with van der Waals surface area (Å²) in [5.41, 5.74) is 0.878. The highest BCUT2D eigenvalue weighted by atomic mass is 32.1. The number of nitrogens with zero attached hydrogens (tertiary/aromatic N) is 1. The maximum absolute atomic E-state index is 12.3. The Morgan fingerprint density at radius 2 is 2.10 bits per heavy atom. The lowest BCUT2D eigenvalue weighted by molar-refractivity contribution is -0.131. The second kappa shape index (κ2) is 5.68. The molecule has 108 valence electrons. The minimum absolute atomic E-state index is 0.0342. The first-order valence-corrected chi connectivity index (χ1v) is 7.92. The fourth-order valence-corrected chi connectivity index (χ4v) is 4.11. The fraction of sp³-hybridized carbons (Fsp3) is 0.533. The molecule has 1 aromatic rings. The predicted molar refractivity (Wildman–Crippen MR) is 78.2 cm³/mol. The Hall–Kier alpha value is -1.17. The molecule has 0 aromatic carbocycles. The molecule has 0 saturated carbocycles. The lowest BCUT2D eigenvalue weighted by atomic mass is 10.00. The largest absolute Gasteiger partial charge is 0.393 e. The monoisotopic (exact) mass is 293 g/mol. The van der Waals surface area contributed by atoms with E-state index < -0.39 is 0 Å². The lowest BCUT2D eigenvalue weighted by Gasteiger charge is -2.36. The number of piperidine rings is 1. The van der Waals surface area contributed by atoms with Gasteiger partial charge in [-0.3, -0.25) is 4.79 Å². The van der Waals surface area contributed by atoms with Crippen LogP contribution in [0, 0.1) is 0 Å². The van der Waals surface area contributed by atoms with Crippen molar-refractivity contribution in [2.75, 3.05) is 0 Å². The number of hydrogen-bond acceptors (Lipinski definition) is 4. The molecule has 2 N–H and O–H groups in total. The van der Waals surface area contributed by atoms with Crippen LogP contribution >= 0.6 is 11.3 Å². The highest BCUT2D eigenvalue weighted by Gasteiger charge is 2.41. The quantitative estimate of drug-likeness (QED) is 0.835. The molecule has 3 heterocycles. The molecule has 2 fully saturated rings. The minimum Gasteiger partial charge on any atom is -0.393 e. The van der Waals surface area contributed by atoms with E-state index in [9.17, 15) is 9.90 Å². The van der Waals surface area contributed by atoms with Crippen LogP contribution in [0.15, 0.2) is 17.5 Å². The van der Waals surface area contributed by atoms with Crippen LogP contribution in [0.3, 0.4) is 0 Å². The van der Waals surface area contributed by atoms with Crippen molar-refractivity contribution in [2.24, 2.45) is 0 Å². The molecule has 3 rings (SSSR count). The molecule has 2 aliphatic heterocycles. The fourth-order valence-electron chi connectivity index (χ4n) is 3.31. The molecule has 1 unspecified atom stereocenters. The van der Waals surface area contributed by atoms with Gasteiger partial charge in [0.05, 0.1) is 12.7 Å². The van der Waals surface area contributed by atoms with Gasteiger partial charge in [-0.15, -0.1) is 11.3 Å². The first kappa shape index (κ1) is 13.8. The van der Waals surface area contributed by atoms with E-state index in [1.54, 1.807) is 6.08 Å². The van der Waals surface area contributed by atoms with Crippen molar-refractivity contribution in [3.05, 3.63) is 28.0 Å². The van der Waals surface area contributed by atoms with Crippen molar-refractivity contribution in [3.8, 4) is 0 Å². The number of carbonyl (C=O) groups is 1. The standard InChI is InChI=1S/C15H19NO3S/c17-8-10-5-14(20-9-10)3-4-15(19)16-11-1-2-12(16)7-13(18)6-11/h3-5,9,11-13,17-18H,1-2,6-8H2/b4-3+/t11-,12+,13?. The van der Waals surface area contributed by atoms with E-state index in [4.69, 9.17) is 5.11 Å². The second-order valence-corrected chi connectivity index (χ2v) is 6.55. The van der Waals surface area contributed by atoms with Gasteiger partial charge in [-0.2, -0.15) is 0 Å². The van der Waals surface area contributed by atoms with E-state index in [0.29, 0.717) is 12.8 Å². The molecule has 20 heavy (non-hydrogen) atoms. The summed E-state index contributed by atoms with van der Waals surface area (Å²) in [4.78, 5) is 15.3. The third kappa shape index (κ3) is 2.66. The molecule has 0 spiro atoms. The third-order valence-corrected chi connectivity index (χ3v) is 5.16. The van der Waals surface area contributed by atoms with Crippen LogP contribution in [0.1, 0.15) is 36.1 Å². The van der Waals surface area contributed by atoms with Gasteiger partial charge in [0, 0.05) is 23.0 Å². The molecule has 0 radical (unpaired) electrons. The SMILES string of the molecule is O=C(/C=C/c1cc(CO)cs1)N1[C@@H]2CC[C@H]1CC(O)C2. The summed E-state index contributed by atoms with van der Waals surface area (Å²) in [6.07, 6.45) is 6.63. The topological polar surface area (TPSA) is 60.8 Å². The number of thiophene rings is 1. The van der Waals surface area contributed by atoms with Crippen molar-refractivity contribution in [2.45, 2.75) is 50.5 Å². The number of carbonyl (C=O) groups excluding carboxylic acids is 1. The Balaban J connectivity index is 1.67. The molecular formula is C15H19NO3S. The number of hydrogen-bond donors (Lipinski definition) is 2. The van der Waals surface area contributed by atoms with Crippen molar-refractivity contribution in [1.82, 2.24) is 4.90 Å². The van der Waals surface area contributed by atoms with E-state index in [0.717, 1.165) is 23.3 Å². The van der Waals surface area contributed by atoms with Crippen molar-refractivity contribution < 1.29 is 15.0 Å². The first-order valence-electron chi connectivity index (χ1n) is 7.04. The lowest BCUT2D eigenvalue weighted by Crippen LogP contribution is -2.47. The smallest absolute Gasteiger partial charge is 0.247 e. The summed E-state index contributed by atoms with van der Waals surface area (Å²) in [6.45, 7) is 0.0342. The van der Waals surface area contributed by atoms with E-state index >= 15 is 0 Å². The average Bonchev–Trinajstić information content (AvgIpc) is 2.99. The minimum atomic E-state index is -0.245. The Morgan fingerprint density at radius 3 is 2.70 bits per heavy atom. The summed E-state index contributed by atoms with van der Waals surface area (Å²) in [5, 5.41) is 20.7. The third-order valence-electron chi connectivity index (χ3n) is 4.21. The molecule has 5 heteroatoms.